The molecule has 1 atom stereocenters. The van der Waals surface area contributed by atoms with E-state index in [2.05, 4.69) is 39.4 Å². The van der Waals surface area contributed by atoms with Gasteiger partial charge in [-0.25, -0.2) is 0 Å². The fourth-order valence-electron chi connectivity index (χ4n) is 1.38. The zero-order chi connectivity index (χ0) is 9.07. The normalized spacial score (nSPS) is 17.5. The Labute approximate surface area is 76.5 Å². The fraction of sp³-hybridized carbons (Fsp3) is 1.00. The van der Waals surface area contributed by atoms with Gasteiger partial charge in [0.2, 0.25) is 7.55 Å². The summed E-state index contributed by atoms with van der Waals surface area (Å²) in [6.45, 7) is 6.67. The minimum Gasteiger partial charge on any atom is -0.317 e. The molecule has 0 saturated heterocycles. The minimum absolute atomic E-state index is 0.638. The summed E-state index contributed by atoms with van der Waals surface area (Å²) in [7, 11) is 2.61. The molecule has 0 N–H and O–H groups in total. The molecule has 68 valence electrons. The van der Waals surface area contributed by atoms with Crippen LogP contribution in [0.15, 0.2) is 0 Å². The second kappa shape index (κ2) is 4.48. The molecule has 0 aliphatic rings. The second-order valence-electron chi connectivity index (χ2n) is 3.62. The van der Waals surface area contributed by atoms with Crippen molar-refractivity contribution in [2.75, 3.05) is 14.1 Å². The first-order chi connectivity index (χ1) is 4.95. The molecule has 0 aliphatic carbocycles. The van der Waals surface area contributed by atoms with Crippen molar-refractivity contribution < 1.29 is 0 Å². The largest absolute Gasteiger partial charge is 0.317 e. The van der Waals surface area contributed by atoms with Crippen molar-refractivity contribution in [2.24, 2.45) is 0 Å². The Kier molecular flexibility index (Phi) is 4.67. The predicted molar refractivity (Wildman–Crippen MR) is 55.5 cm³/mol. The molecule has 0 radical (unpaired) electrons. The van der Waals surface area contributed by atoms with Crippen molar-refractivity contribution in [3.8, 4) is 0 Å². The van der Waals surface area contributed by atoms with Crippen LogP contribution in [0.3, 0.4) is 0 Å². The molecule has 11 heavy (non-hydrogen) atoms. The van der Waals surface area contributed by atoms with Crippen molar-refractivity contribution in [3.63, 3.8) is 0 Å². The van der Waals surface area contributed by atoms with E-state index in [9.17, 15) is 0 Å². The third kappa shape index (κ3) is 2.77. The highest BCUT2D eigenvalue weighted by Gasteiger charge is 2.36. The summed E-state index contributed by atoms with van der Waals surface area (Å²) < 4.78 is 2.25. The first-order valence-electron chi connectivity index (χ1n) is 4.31. The highest BCUT2D eigenvalue weighted by atomic mass is 35.6. The van der Waals surface area contributed by atoms with E-state index in [0.29, 0.717) is 5.54 Å². The van der Waals surface area contributed by atoms with Gasteiger partial charge in [-0.15, -0.1) is 11.1 Å². The standard InChI is InChI=1S/C8H20ClNSi/c1-6-7-11(9,8(2)3)10(4)5/h8H,6-7H2,1-5H3. The lowest BCUT2D eigenvalue weighted by Crippen LogP contribution is -2.46. The van der Waals surface area contributed by atoms with E-state index >= 15 is 0 Å². The molecular weight excluding hydrogens is 174 g/mol. The van der Waals surface area contributed by atoms with Crippen LogP contribution in [0.2, 0.25) is 11.6 Å². The molecule has 0 amide bonds. The van der Waals surface area contributed by atoms with Crippen molar-refractivity contribution in [1.29, 1.82) is 0 Å². The maximum atomic E-state index is 6.57. The summed E-state index contributed by atoms with van der Waals surface area (Å²) in [5, 5.41) is 0. The summed E-state index contributed by atoms with van der Waals surface area (Å²) in [6.07, 6.45) is 1.20. The number of hydrogen-bond donors (Lipinski definition) is 0. The van der Waals surface area contributed by atoms with Crippen LogP contribution in [0, 0.1) is 0 Å². The molecule has 0 heterocycles. The Hall–Kier alpha value is 0.467. The van der Waals surface area contributed by atoms with Crippen LogP contribution in [0.5, 0.6) is 0 Å². The third-order valence-corrected chi connectivity index (χ3v) is 9.58. The molecule has 0 aromatic rings. The second-order valence-corrected chi connectivity index (χ2v) is 9.77. The summed E-state index contributed by atoms with van der Waals surface area (Å²) >= 11 is 6.57. The van der Waals surface area contributed by atoms with Crippen LogP contribution in [-0.2, 0) is 0 Å². The Bertz CT molecular complexity index is 107. The van der Waals surface area contributed by atoms with Crippen LogP contribution in [0.1, 0.15) is 27.2 Å². The maximum absolute atomic E-state index is 6.57. The molecule has 3 heteroatoms. The molecule has 0 spiro atoms. The molecule has 0 bridgehead atoms. The molecule has 0 aromatic heterocycles. The Morgan fingerprint density at radius 1 is 1.36 bits per heavy atom. The summed E-state index contributed by atoms with van der Waals surface area (Å²) in [6, 6.07) is 1.19. The van der Waals surface area contributed by atoms with Gasteiger partial charge in [-0.2, -0.15) is 0 Å². The maximum Gasteiger partial charge on any atom is 0.231 e. The van der Waals surface area contributed by atoms with E-state index in [1.54, 1.807) is 0 Å². The van der Waals surface area contributed by atoms with Gasteiger partial charge in [-0.3, -0.25) is 0 Å². The van der Waals surface area contributed by atoms with Gasteiger partial charge in [0.25, 0.3) is 0 Å². The summed E-state index contributed by atoms with van der Waals surface area (Å²) in [4.78, 5) is 0. The van der Waals surface area contributed by atoms with E-state index in [-0.39, 0.29) is 0 Å². The molecule has 1 unspecified atom stereocenters. The average molecular weight is 194 g/mol. The van der Waals surface area contributed by atoms with E-state index in [1.165, 1.54) is 12.5 Å². The van der Waals surface area contributed by atoms with Crippen LogP contribution in [0.25, 0.3) is 0 Å². The van der Waals surface area contributed by atoms with Crippen LogP contribution in [-0.4, -0.2) is 26.2 Å². The highest BCUT2D eigenvalue weighted by Crippen LogP contribution is 2.31. The molecule has 1 nitrogen and oxygen atoms in total. The van der Waals surface area contributed by atoms with Gasteiger partial charge < -0.3 is 4.57 Å². The monoisotopic (exact) mass is 193 g/mol. The zero-order valence-electron chi connectivity index (χ0n) is 8.32. The van der Waals surface area contributed by atoms with E-state index < -0.39 is 7.55 Å². The van der Waals surface area contributed by atoms with E-state index in [1.807, 2.05) is 0 Å². The molecule has 0 aromatic carbocycles. The van der Waals surface area contributed by atoms with Crippen molar-refractivity contribution in [3.05, 3.63) is 0 Å². The molecule has 0 rings (SSSR count). The van der Waals surface area contributed by atoms with Crippen LogP contribution in [0.4, 0.5) is 0 Å². The van der Waals surface area contributed by atoms with Crippen LogP contribution < -0.4 is 0 Å². The number of nitrogens with zero attached hydrogens (tertiary/aromatic N) is 1. The number of rotatable bonds is 4. The van der Waals surface area contributed by atoms with Crippen molar-refractivity contribution >= 4 is 18.6 Å². The molecular formula is C8H20ClNSi. The van der Waals surface area contributed by atoms with Crippen molar-refractivity contribution in [2.45, 2.75) is 38.8 Å². The first-order valence-corrected chi connectivity index (χ1v) is 7.55. The third-order valence-electron chi connectivity index (χ3n) is 2.23. The predicted octanol–water partition coefficient (Wildman–Crippen LogP) is 3.05. The van der Waals surface area contributed by atoms with Gasteiger partial charge in [0.15, 0.2) is 0 Å². The Morgan fingerprint density at radius 2 is 1.82 bits per heavy atom. The van der Waals surface area contributed by atoms with Gasteiger partial charge in [-0.1, -0.05) is 27.2 Å². The van der Waals surface area contributed by atoms with E-state index in [0.717, 1.165) is 0 Å². The van der Waals surface area contributed by atoms with Gasteiger partial charge >= 0.3 is 0 Å². The lowest BCUT2D eigenvalue weighted by atomic mass is 10.6. The summed E-state index contributed by atoms with van der Waals surface area (Å²) in [5.74, 6) is 0. The number of hydrogen-bond acceptors (Lipinski definition) is 1. The first kappa shape index (κ1) is 11.5. The lowest BCUT2D eigenvalue weighted by molar-refractivity contribution is 0.603. The molecule has 0 saturated carbocycles. The summed E-state index contributed by atoms with van der Waals surface area (Å²) in [5.41, 5.74) is 0.638. The number of halogens is 1. The van der Waals surface area contributed by atoms with E-state index in [4.69, 9.17) is 11.1 Å². The topological polar surface area (TPSA) is 3.24 Å². The SMILES string of the molecule is CCC[Si](Cl)(C(C)C)N(C)C. The average Bonchev–Trinajstić information content (AvgIpc) is 1.87. The molecule has 0 fully saturated rings. The Balaban J connectivity index is 4.26. The minimum atomic E-state index is -1.60. The van der Waals surface area contributed by atoms with Gasteiger partial charge in [-0.05, 0) is 25.7 Å². The highest BCUT2D eigenvalue weighted by molar-refractivity contribution is 7.19. The van der Waals surface area contributed by atoms with Gasteiger partial charge in [0.05, 0.1) is 0 Å². The lowest BCUT2D eigenvalue weighted by Gasteiger charge is -2.34. The molecule has 0 aliphatic heterocycles. The van der Waals surface area contributed by atoms with Crippen LogP contribution >= 0.6 is 11.1 Å². The zero-order valence-corrected chi connectivity index (χ0v) is 10.1. The van der Waals surface area contributed by atoms with Crippen molar-refractivity contribution in [1.82, 2.24) is 4.57 Å². The fourth-order valence-corrected chi connectivity index (χ4v) is 4.70. The van der Waals surface area contributed by atoms with Gasteiger partial charge in [0.1, 0.15) is 0 Å². The quantitative estimate of drug-likeness (QED) is 0.490. The van der Waals surface area contributed by atoms with Gasteiger partial charge in [0, 0.05) is 0 Å². The Morgan fingerprint density at radius 3 is 1.91 bits per heavy atom. The smallest absolute Gasteiger partial charge is 0.231 e.